The number of likely N-dealkylation sites (tertiary alicyclic amines) is 1. The summed E-state index contributed by atoms with van der Waals surface area (Å²) in [7, 11) is 0. The zero-order chi connectivity index (χ0) is 18.1. The minimum absolute atomic E-state index is 0. The molecule has 27 heavy (non-hydrogen) atoms. The van der Waals surface area contributed by atoms with Gasteiger partial charge in [0, 0.05) is 19.3 Å². The largest absolute Gasteiger partial charge is 0.330 e. The summed E-state index contributed by atoms with van der Waals surface area (Å²) in [6, 6.07) is 8.61. The zero-order valence-electron chi connectivity index (χ0n) is 15.5. The van der Waals surface area contributed by atoms with E-state index in [0.29, 0.717) is 24.2 Å². The first-order valence-corrected chi connectivity index (χ1v) is 9.44. The number of benzene rings is 1. The Morgan fingerprint density at radius 1 is 1.33 bits per heavy atom. The summed E-state index contributed by atoms with van der Waals surface area (Å²) in [5.41, 5.74) is 1.34. The number of halogens is 2. The number of nitrogens with one attached hydrogen (secondary N) is 1. The quantitative estimate of drug-likeness (QED) is 0.868. The number of hydrogen-bond donors (Lipinski definition) is 1. The maximum atomic E-state index is 13.7. The van der Waals surface area contributed by atoms with Crippen LogP contribution < -0.4 is 5.32 Å². The van der Waals surface area contributed by atoms with E-state index in [2.05, 4.69) is 17.3 Å². The van der Waals surface area contributed by atoms with Crippen molar-refractivity contribution in [2.75, 3.05) is 19.6 Å². The summed E-state index contributed by atoms with van der Waals surface area (Å²) in [5, 5.41) is 7.94. The fourth-order valence-corrected chi connectivity index (χ4v) is 4.16. The maximum Gasteiger partial charge on any atom is 0.274 e. The third-order valence-corrected chi connectivity index (χ3v) is 5.48. The van der Waals surface area contributed by atoms with Gasteiger partial charge in [0.1, 0.15) is 11.5 Å². The minimum Gasteiger partial charge on any atom is -0.330 e. The van der Waals surface area contributed by atoms with E-state index in [1.165, 1.54) is 12.1 Å². The van der Waals surface area contributed by atoms with E-state index in [1.807, 2.05) is 27.9 Å². The maximum absolute atomic E-state index is 13.7. The molecule has 0 bridgehead atoms. The number of aromatic nitrogens is 2. The van der Waals surface area contributed by atoms with Crippen molar-refractivity contribution in [3.8, 4) is 0 Å². The van der Waals surface area contributed by atoms with Gasteiger partial charge in [-0.3, -0.25) is 9.48 Å². The summed E-state index contributed by atoms with van der Waals surface area (Å²) in [6.45, 7) is 4.75. The first kappa shape index (κ1) is 19.8. The molecule has 146 valence electrons. The lowest BCUT2D eigenvalue weighted by molar-refractivity contribution is 0.0724. The van der Waals surface area contributed by atoms with Crippen molar-refractivity contribution in [3.63, 3.8) is 0 Å². The molecule has 1 N–H and O–H groups in total. The van der Waals surface area contributed by atoms with Crippen molar-refractivity contribution in [3.05, 3.63) is 53.6 Å². The number of carbonyl (C=O) groups excluding carboxylic acids is 1. The lowest BCUT2D eigenvalue weighted by Crippen LogP contribution is -2.33. The van der Waals surface area contributed by atoms with E-state index >= 15 is 0 Å². The number of rotatable bonds is 3. The van der Waals surface area contributed by atoms with Crippen LogP contribution in [-0.2, 0) is 0 Å². The Morgan fingerprint density at radius 3 is 2.93 bits per heavy atom. The number of hydrogen-bond acceptors (Lipinski definition) is 3. The Hall–Kier alpha value is -1.92. The van der Waals surface area contributed by atoms with Gasteiger partial charge in [-0.15, -0.1) is 12.4 Å². The van der Waals surface area contributed by atoms with Crippen molar-refractivity contribution in [2.24, 2.45) is 5.92 Å². The standard InChI is InChI=1S/C20H25FN4O.ClH/c1-14-10-19(15-4-2-5-16(21)11-15)24(13-14)20(26)18-7-9-25(23-18)17-6-3-8-22-12-17;/h2,4-5,7,9,11,14,17,19,22H,3,6,8,10,12-13H2,1H3;1H. The van der Waals surface area contributed by atoms with Crippen LogP contribution in [0.3, 0.4) is 0 Å². The molecule has 0 aliphatic carbocycles. The van der Waals surface area contributed by atoms with E-state index in [9.17, 15) is 9.18 Å². The van der Waals surface area contributed by atoms with Gasteiger partial charge in [0.05, 0.1) is 12.1 Å². The van der Waals surface area contributed by atoms with E-state index in [0.717, 1.165) is 37.9 Å². The second kappa shape index (κ2) is 8.40. The molecule has 3 atom stereocenters. The Kier molecular flexibility index (Phi) is 6.17. The minimum atomic E-state index is -0.261. The van der Waals surface area contributed by atoms with Gasteiger partial charge in [0.15, 0.2) is 0 Å². The normalized spacial score (nSPS) is 25.3. The van der Waals surface area contributed by atoms with Crippen LogP contribution in [0.15, 0.2) is 36.5 Å². The second-order valence-electron chi connectivity index (χ2n) is 7.55. The number of nitrogens with zero attached hydrogens (tertiary/aromatic N) is 3. The van der Waals surface area contributed by atoms with Gasteiger partial charge >= 0.3 is 0 Å². The van der Waals surface area contributed by atoms with Crippen LogP contribution in [0.25, 0.3) is 0 Å². The van der Waals surface area contributed by atoms with Gasteiger partial charge in [-0.2, -0.15) is 5.10 Å². The van der Waals surface area contributed by atoms with Crippen molar-refractivity contribution < 1.29 is 9.18 Å². The highest BCUT2D eigenvalue weighted by Crippen LogP contribution is 2.36. The molecule has 5 nitrogen and oxygen atoms in total. The van der Waals surface area contributed by atoms with E-state index in [-0.39, 0.29) is 30.2 Å². The summed E-state index contributed by atoms with van der Waals surface area (Å²) in [5.74, 6) is 0.0616. The van der Waals surface area contributed by atoms with Crippen LogP contribution in [0.5, 0.6) is 0 Å². The molecule has 0 spiro atoms. The molecule has 2 fully saturated rings. The molecular weight excluding hydrogens is 367 g/mol. The summed E-state index contributed by atoms with van der Waals surface area (Å²) in [6.07, 6.45) is 4.96. The third kappa shape index (κ3) is 4.17. The summed E-state index contributed by atoms with van der Waals surface area (Å²) in [4.78, 5) is 15.0. The number of amides is 1. The third-order valence-electron chi connectivity index (χ3n) is 5.48. The molecule has 2 aromatic rings. The van der Waals surface area contributed by atoms with Gasteiger partial charge in [-0.05, 0) is 55.5 Å². The van der Waals surface area contributed by atoms with Crippen LogP contribution in [-0.4, -0.2) is 40.2 Å². The Labute approximate surface area is 165 Å². The van der Waals surface area contributed by atoms with E-state index in [1.54, 1.807) is 6.07 Å². The zero-order valence-corrected chi connectivity index (χ0v) is 16.3. The average Bonchev–Trinajstić information content (AvgIpc) is 3.29. The van der Waals surface area contributed by atoms with Crippen LogP contribution in [0.2, 0.25) is 0 Å². The lowest BCUT2D eigenvalue weighted by Gasteiger charge is -2.25. The number of piperidine rings is 1. The lowest BCUT2D eigenvalue weighted by atomic mass is 10.0. The Morgan fingerprint density at radius 2 is 2.19 bits per heavy atom. The molecule has 2 aliphatic heterocycles. The molecule has 0 saturated carbocycles. The predicted octanol–water partition coefficient (Wildman–Crippen LogP) is 3.59. The predicted molar refractivity (Wildman–Crippen MR) is 105 cm³/mol. The average molecular weight is 393 g/mol. The number of carbonyl (C=O) groups is 1. The molecule has 2 aliphatic rings. The van der Waals surface area contributed by atoms with Gasteiger partial charge in [-0.25, -0.2) is 4.39 Å². The highest BCUT2D eigenvalue weighted by atomic mass is 35.5. The SMILES string of the molecule is CC1CC(c2cccc(F)c2)N(C(=O)c2ccn(C3CCCNC3)n2)C1.Cl. The van der Waals surface area contributed by atoms with Gasteiger partial charge in [-0.1, -0.05) is 19.1 Å². The molecule has 3 unspecified atom stereocenters. The van der Waals surface area contributed by atoms with E-state index < -0.39 is 0 Å². The van der Waals surface area contributed by atoms with Gasteiger partial charge in [0.25, 0.3) is 5.91 Å². The van der Waals surface area contributed by atoms with Gasteiger partial charge < -0.3 is 10.2 Å². The molecule has 1 aromatic heterocycles. The Balaban J connectivity index is 0.00000210. The van der Waals surface area contributed by atoms with Crippen LogP contribution in [0, 0.1) is 11.7 Å². The van der Waals surface area contributed by atoms with E-state index in [4.69, 9.17) is 0 Å². The highest BCUT2D eigenvalue weighted by molar-refractivity contribution is 5.92. The van der Waals surface area contributed by atoms with Crippen molar-refractivity contribution in [2.45, 2.75) is 38.3 Å². The molecule has 1 amide bonds. The molecule has 3 heterocycles. The van der Waals surface area contributed by atoms with Crippen LogP contribution >= 0.6 is 12.4 Å². The van der Waals surface area contributed by atoms with Crippen LogP contribution in [0.4, 0.5) is 4.39 Å². The van der Waals surface area contributed by atoms with Crippen molar-refractivity contribution in [1.82, 2.24) is 20.0 Å². The molecule has 1 aromatic carbocycles. The fraction of sp³-hybridized carbons (Fsp3) is 0.500. The fourth-order valence-electron chi connectivity index (χ4n) is 4.16. The smallest absolute Gasteiger partial charge is 0.274 e. The second-order valence-corrected chi connectivity index (χ2v) is 7.55. The first-order valence-electron chi connectivity index (χ1n) is 9.44. The molecule has 2 saturated heterocycles. The molecule has 4 rings (SSSR count). The molecule has 7 heteroatoms. The molecular formula is C20H26ClFN4O. The van der Waals surface area contributed by atoms with Crippen molar-refractivity contribution in [1.29, 1.82) is 0 Å². The van der Waals surface area contributed by atoms with Crippen LogP contribution in [0.1, 0.15) is 54.3 Å². The summed E-state index contributed by atoms with van der Waals surface area (Å²) < 4.78 is 15.6. The molecule has 0 radical (unpaired) electrons. The monoisotopic (exact) mass is 392 g/mol. The topological polar surface area (TPSA) is 50.2 Å². The Bertz CT molecular complexity index is 790. The first-order chi connectivity index (χ1) is 12.6. The van der Waals surface area contributed by atoms with Crippen molar-refractivity contribution >= 4 is 18.3 Å². The van der Waals surface area contributed by atoms with Gasteiger partial charge in [0.2, 0.25) is 0 Å². The highest BCUT2D eigenvalue weighted by Gasteiger charge is 2.35. The summed E-state index contributed by atoms with van der Waals surface area (Å²) >= 11 is 0.